The zero-order chi connectivity index (χ0) is 28.9. The van der Waals surface area contributed by atoms with Crippen LogP contribution in [0.3, 0.4) is 0 Å². The monoisotopic (exact) mass is 588 g/mol. The van der Waals surface area contributed by atoms with Crippen molar-refractivity contribution in [2.75, 3.05) is 16.1 Å². The maximum absolute atomic E-state index is 11.0. The Balaban J connectivity index is 1.37. The molecule has 11 nitrogen and oxygen atoms in total. The minimum absolute atomic E-state index is 0.0276. The highest BCUT2D eigenvalue weighted by Gasteiger charge is 2.11. The van der Waals surface area contributed by atoms with Gasteiger partial charge in [0.15, 0.2) is 0 Å². The molecule has 0 aliphatic carbocycles. The Morgan fingerprint density at radius 2 is 1.49 bits per heavy atom. The van der Waals surface area contributed by atoms with E-state index in [-0.39, 0.29) is 23.5 Å². The van der Waals surface area contributed by atoms with Crippen LogP contribution in [0.5, 0.6) is 0 Å². The van der Waals surface area contributed by atoms with Gasteiger partial charge < -0.3 is 15.1 Å². The molecule has 2 heterocycles. The van der Waals surface area contributed by atoms with Crippen LogP contribution in [-0.2, 0) is 0 Å². The van der Waals surface area contributed by atoms with Gasteiger partial charge in [-0.1, -0.05) is 29.3 Å². The molecule has 5 rings (SSSR count). The van der Waals surface area contributed by atoms with E-state index < -0.39 is 4.92 Å². The van der Waals surface area contributed by atoms with E-state index in [0.29, 0.717) is 27.3 Å². The summed E-state index contributed by atoms with van der Waals surface area (Å²) in [6.45, 7) is 4.04. The molecular weight excluding hydrogens is 567 g/mol. The molecule has 41 heavy (non-hydrogen) atoms. The van der Waals surface area contributed by atoms with Gasteiger partial charge in [0.2, 0.25) is 17.8 Å². The molecular formula is C28H22Cl2N8O3. The first kappa shape index (κ1) is 27.6. The number of aromatic nitrogens is 3. The summed E-state index contributed by atoms with van der Waals surface area (Å²) in [6.07, 6.45) is 1.48. The summed E-state index contributed by atoms with van der Waals surface area (Å²) < 4.78 is 5.84. The molecule has 3 aromatic carbocycles. The number of nitrogens with zero attached hydrogens (tertiary/aromatic N) is 5. The van der Waals surface area contributed by atoms with Gasteiger partial charge in [-0.2, -0.15) is 20.1 Å². The molecule has 0 atom stereocenters. The molecule has 3 N–H and O–H groups in total. The van der Waals surface area contributed by atoms with Crippen LogP contribution in [0.15, 0.2) is 82.3 Å². The lowest BCUT2D eigenvalue weighted by atomic mass is 10.1. The van der Waals surface area contributed by atoms with Crippen LogP contribution in [0.4, 0.5) is 34.9 Å². The van der Waals surface area contributed by atoms with Crippen molar-refractivity contribution < 1.29 is 9.34 Å². The molecule has 0 bridgehead atoms. The molecule has 2 aromatic heterocycles. The molecule has 5 aromatic rings. The third-order valence-corrected chi connectivity index (χ3v) is 6.66. The zero-order valence-electron chi connectivity index (χ0n) is 21.7. The number of nitro groups is 1. The van der Waals surface area contributed by atoms with E-state index in [1.807, 2.05) is 32.0 Å². The summed E-state index contributed by atoms with van der Waals surface area (Å²) in [5.41, 5.74) is 7.15. The summed E-state index contributed by atoms with van der Waals surface area (Å²) in [5.74, 6) is 1.66. The van der Waals surface area contributed by atoms with Gasteiger partial charge in [-0.25, -0.2) is 5.43 Å². The quantitative estimate of drug-likeness (QED) is 0.0888. The predicted octanol–water partition coefficient (Wildman–Crippen LogP) is 7.90. The highest BCUT2D eigenvalue weighted by atomic mass is 35.5. The van der Waals surface area contributed by atoms with Gasteiger partial charge in [0.1, 0.15) is 11.5 Å². The summed E-state index contributed by atoms with van der Waals surface area (Å²) in [7, 11) is 0. The average Bonchev–Trinajstić information content (AvgIpc) is 3.41. The Bertz CT molecular complexity index is 1760. The fraction of sp³-hybridized carbons (Fsp3) is 0.0714. The number of benzene rings is 3. The topological polar surface area (TPSA) is 143 Å². The molecule has 0 spiro atoms. The summed E-state index contributed by atoms with van der Waals surface area (Å²) in [5, 5.41) is 22.3. The number of rotatable bonds is 9. The zero-order valence-corrected chi connectivity index (χ0v) is 23.2. The Hall–Kier alpha value is -5.00. The number of hydrogen-bond donors (Lipinski definition) is 3. The van der Waals surface area contributed by atoms with Gasteiger partial charge in [0.05, 0.1) is 21.2 Å². The van der Waals surface area contributed by atoms with Gasteiger partial charge in [-0.05, 0) is 79.6 Å². The summed E-state index contributed by atoms with van der Waals surface area (Å²) in [6, 6.07) is 20.6. The standard InChI is InChI=1S/C28H22Cl2N8O3/c1-16-3-5-20(13-17(16)2)33-27-34-26(32-19-6-8-21(9-7-19)38(39)40)35-28(36-27)37-31-15-22-10-12-25(41-22)18-4-11-23(29)24(30)14-18/h3-15H,1-2H3,(H3,32,33,34,35,36,37). The number of halogens is 2. The largest absolute Gasteiger partial charge is 0.455 e. The van der Waals surface area contributed by atoms with E-state index in [1.165, 1.54) is 18.3 Å². The van der Waals surface area contributed by atoms with Crippen LogP contribution in [0, 0.1) is 24.0 Å². The first-order chi connectivity index (χ1) is 19.7. The third kappa shape index (κ3) is 6.96. The first-order valence-corrected chi connectivity index (χ1v) is 13.0. The number of aryl methyl sites for hydroxylation is 2. The van der Waals surface area contributed by atoms with Gasteiger partial charge in [-0.15, -0.1) is 0 Å². The number of anilines is 5. The van der Waals surface area contributed by atoms with Crippen molar-refractivity contribution in [1.29, 1.82) is 0 Å². The molecule has 0 radical (unpaired) electrons. The summed E-state index contributed by atoms with van der Waals surface area (Å²) >= 11 is 12.1. The Kier molecular flexibility index (Phi) is 8.09. The molecule has 206 valence electrons. The lowest BCUT2D eigenvalue weighted by molar-refractivity contribution is -0.384. The van der Waals surface area contributed by atoms with Crippen LogP contribution < -0.4 is 16.1 Å². The van der Waals surface area contributed by atoms with Crippen molar-refractivity contribution in [1.82, 2.24) is 15.0 Å². The lowest BCUT2D eigenvalue weighted by Crippen LogP contribution is -2.07. The third-order valence-electron chi connectivity index (χ3n) is 5.92. The highest BCUT2D eigenvalue weighted by molar-refractivity contribution is 6.42. The number of hydrogen-bond acceptors (Lipinski definition) is 10. The molecule has 0 amide bonds. The van der Waals surface area contributed by atoms with Crippen molar-refractivity contribution in [3.05, 3.63) is 110 Å². The van der Waals surface area contributed by atoms with Crippen LogP contribution in [0.2, 0.25) is 10.0 Å². The average molecular weight is 589 g/mol. The molecule has 0 saturated carbocycles. The molecule has 0 fully saturated rings. The van der Waals surface area contributed by atoms with Gasteiger partial charge in [-0.3, -0.25) is 10.1 Å². The van der Waals surface area contributed by atoms with E-state index >= 15 is 0 Å². The van der Waals surface area contributed by atoms with Crippen molar-refractivity contribution >= 4 is 64.3 Å². The van der Waals surface area contributed by atoms with Gasteiger partial charge in [0.25, 0.3) is 5.69 Å². The number of furan rings is 1. The second kappa shape index (κ2) is 12.0. The van der Waals surface area contributed by atoms with Crippen molar-refractivity contribution in [3.63, 3.8) is 0 Å². The highest BCUT2D eigenvalue weighted by Crippen LogP contribution is 2.29. The Morgan fingerprint density at radius 1 is 0.805 bits per heavy atom. The second-order valence-electron chi connectivity index (χ2n) is 8.86. The normalized spacial score (nSPS) is 11.0. The van der Waals surface area contributed by atoms with Crippen LogP contribution in [-0.4, -0.2) is 26.1 Å². The number of hydrazone groups is 1. The maximum Gasteiger partial charge on any atom is 0.269 e. The van der Waals surface area contributed by atoms with E-state index in [1.54, 1.807) is 42.5 Å². The minimum atomic E-state index is -0.467. The van der Waals surface area contributed by atoms with Crippen molar-refractivity contribution in [2.24, 2.45) is 5.10 Å². The van der Waals surface area contributed by atoms with Crippen LogP contribution >= 0.6 is 23.2 Å². The van der Waals surface area contributed by atoms with E-state index in [0.717, 1.165) is 22.4 Å². The Labute approximate surface area is 244 Å². The van der Waals surface area contributed by atoms with Gasteiger partial charge >= 0.3 is 0 Å². The lowest BCUT2D eigenvalue weighted by Gasteiger charge is -2.11. The van der Waals surface area contributed by atoms with E-state index in [2.05, 4.69) is 36.1 Å². The SMILES string of the molecule is Cc1ccc(Nc2nc(NN=Cc3ccc(-c4ccc(Cl)c(Cl)c4)o3)nc(Nc3ccc([N+](=O)[O-])cc3)n2)cc1C. The Morgan fingerprint density at radius 3 is 2.17 bits per heavy atom. The number of nitro benzene ring substituents is 1. The summed E-state index contributed by atoms with van der Waals surface area (Å²) in [4.78, 5) is 23.7. The second-order valence-corrected chi connectivity index (χ2v) is 9.67. The number of non-ortho nitro benzene ring substituents is 1. The van der Waals surface area contributed by atoms with E-state index in [4.69, 9.17) is 27.6 Å². The predicted molar refractivity (Wildman–Crippen MR) is 161 cm³/mol. The molecule has 0 aliphatic heterocycles. The molecule has 0 aliphatic rings. The first-order valence-electron chi connectivity index (χ1n) is 12.2. The van der Waals surface area contributed by atoms with Crippen molar-refractivity contribution in [2.45, 2.75) is 13.8 Å². The maximum atomic E-state index is 11.0. The molecule has 0 unspecified atom stereocenters. The van der Waals surface area contributed by atoms with Crippen LogP contribution in [0.1, 0.15) is 16.9 Å². The van der Waals surface area contributed by atoms with E-state index in [9.17, 15) is 10.1 Å². The van der Waals surface area contributed by atoms with Crippen LogP contribution in [0.25, 0.3) is 11.3 Å². The fourth-order valence-electron chi connectivity index (χ4n) is 3.66. The van der Waals surface area contributed by atoms with Crippen molar-refractivity contribution in [3.8, 4) is 11.3 Å². The minimum Gasteiger partial charge on any atom is -0.455 e. The molecule has 13 heteroatoms. The number of nitrogens with one attached hydrogen (secondary N) is 3. The fourth-order valence-corrected chi connectivity index (χ4v) is 3.96. The molecule has 0 saturated heterocycles. The van der Waals surface area contributed by atoms with Gasteiger partial charge in [0, 0.05) is 29.1 Å². The smallest absolute Gasteiger partial charge is 0.269 e.